The number of anilines is 1. The lowest BCUT2D eigenvalue weighted by Gasteiger charge is -2.06. The Morgan fingerprint density at radius 3 is 3.00 bits per heavy atom. The van der Waals surface area contributed by atoms with Crippen molar-refractivity contribution >= 4 is 29.0 Å². The van der Waals surface area contributed by atoms with Gasteiger partial charge in [-0.25, -0.2) is 4.79 Å². The van der Waals surface area contributed by atoms with E-state index in [4.69, 9.17) is 11.6 Å². The lowest BCUT2D eigenvalue weighted by Crippen LogP contribution is -2.22. The Labute approximate surface area is 74.9 Å². The minimum atomic E-state index is -0.243. The van der Waals surface area contributed by atoms with Crippen LogP contribution in [-0.4, -0.2) is 13.1 Å². The van der Waals surface area contributed by atoms with Gasteiger partial charge in [-0.1, -0.05) is 11.6 Å². The van der Waals surface area contributed by atoms with Crippen LogP contribution in [0.4, 0.5) is 16.2 Å². The monoisotopic (exact) mass is 181 g/mol. The number of halogens is 1. The van der Waals surface area contributed by atoms with Gasteiger partial charge in [-0.15, -0.1) is 0 Å². The molecule has 3 nitrogen and oxygen atoms in total. The molecule has 0 N–H and O–H groups in total. The highest BCUT2D eigenvalue weighted by Gasteiger charge is 2.24. The van der Waals surface area contributed by atoms with E-state index in [0.29, 0.717) is 10.7 Å². The lowest BCUT2D eigenvalue weighted by atomic mass is 10.3. The Kier molecular flexibility index (Phi) is 1.48. The van der Waals surface area contributed by atoms with Crippen molar-refractivity contribution in [3.63, 3.8) is 0 Å². The second kappa shape index (κ2) is 2.38. The molecule has 0 fully saturated rings. The van der Waals surface area contributed by atoms with E-state index in [-0.39, 0.29) is 6.03 Å². The third-order valence-electron chi connectivity index (χ3n) is 1.80. The molecule has 4 heteroatoms. The van der Waals surface area contributed by atoms with Crippen molar-refractivity contribution in [2.24, 2.45) is 0 Å². The largest absolute Gasteiger partial charge is 0.348 e. The molecular weight excluding hydrogens is 176 g/mol. The van der Waals surface area contributed by atoms with Crippen molar-refractivity contribution in [1.29, 1.82) is 0 Å². The van der Waals surface area contributed by atoms with E-state index >= 15 is 0 Å². The smallest absolute Gasteiger partial charge is 0.293 e. The fraction of sp³-hybridized carbons (Fsp3) is 0.125. The first kappa shape index (κ1) is 7.43. The van der Waals surface area contributed by atoms with Gasteiger partial charge in [0, 0.05) is 12.1 Å². The van der Waals surface area contributed by atoms with Gasteiger partial charge in [0.05, 0.1) is 11.4 Å². The summed E-state index contributed by atoms with van der Waals surface area (Å²) in [6, 6.07) is 4.94. The van der Waals surface area contributed by atoms with E-state index in [1.54, 1.807) is 25.2 Å². The molecule has 12 heavy (non-hydrogen) atoms. The van der Waals surface area contributed by atoms with E-state index < -0.39 is 0 Å². The highest BCUT2D eigenvalue weighted by atomic mass is 35.5. The zero-order valence-corrected chi connectivity index (χ0v) is 7.17. The number of nitrogens with zero attached hydrogens (tertiary/aromatic N) is 2. The number of hydrogen-bond acceptors (Lipinski definition) is 1. The average Bonchev–Trinajstić information content (AvgIpc) is 2.31. The summed E-state index contributed by atoms with van der Waals surface area (Å²) in [5, 5.41) is 4.42. The Morgan fingerprint density at radius 1 is 1.50 bits per heavy atom. The fourth-order valence-electron chi connectivity index (χ4n) is 1.14. The van der Waals surface area contributed by atoms with Gasteiger partial charge in [0.1, 0.15) is 0 Å². The molecule has 0 bridgehead atoms. The van der Waals surface area contributed by atoms with Crippen LogP contribution in [-0.2, 0) is 0 Å². The molecule has 0 saturated heterocycles. The number of urea groups is 1. The molecule has 2 amide bonds. The van der Waals surface area contributed by atoms with Gasteiger partial charge in [-0.3, -0.25) is 4.90 Å². The molecule has 0 aromatic heterocycles. The van der Waals surface area contributed by atoms with Crippen LogP contribution in [0.3, 0.4) is 0 Å². The fourth-order valence-corrected chi connectivity index (χ4v) is 1.31. The van der Waals surface area contributed by atoms with Crippen LogP contribution in [0.25, 0.3) is 0 Å². The second-order valence-corrected chi connectivity index (χ2v) is 3.02. The predicted octanol–water partition coefficient (Wildman–Crippen LogP) is 2.15. The molecule has 2 rings (SSSR count). The molecule has 0 unspecified atom stereocenters. The van der Waals surface area contributed by atoms with Gasteiger partial charge in [0.15, 0.2) is 0 Å². The van der Waals surface area contributed by atoms with Crippen molar-refractivity contribution in [3.05, 3.63) is 23.2 Å². The van der Waals surface area contributed by atoms with Gasteiger partial charge in [-0.2, -0.15) is 5.32 Å². The summed E-state index contributed by atoms with van der Waals surface area (Å²) in [7, 11) is 1.67. The molecule has 1 aromatic rings. The highest BCUT2D eigenvalue weighted by Crippen LogP contribution is 2.33. The normalized spacial score (nSPS) is 14.5. The maximum Gasteiger partial charge on any atom is 0.348 e. The summed E-state index contributed by atoms with van der Waals surface area (Å²) in [5.41, 5.74) is 1.46. The molecule has 0 atom stereocenters. The van der Waals surface area contributed by atoms with Crippen LogP contribution in [0, 0.1) is 0 Å². The molecule has 1 aromatic carbocycles. The second-order valence-electron chi connectivity index (χ2n) is 2.59. The summed E-state index contributed by atoms with van der Waals surface area (Å²) in [6.07, 6.45) is 0. The molecule has 1 aliphatic rings. The third kappa shape index (κ3) is 0.940. The molecule has 1 aliphatic heterocycles. The number of hydrogen-bond donors (Lipinski definition) is 0. The van der Waals surface area contributed by atoms with Crippen molar-refractivity contribution in [2.45, 2.75) is 0 Å². The Balaban J connectivity index is 2.55. The molecular formula is C8H6ClN2O. The number of benzene rings is 1. The molecule has 1 radical (unpaired) electrons. The Hall–Kier alpha value is -1.22. The van der Waals surface area contributed by atoms with E-state index in [1.807, 2.05) is 0 Å². The molecule has 61 valence electrons. The summed E-state index contributed by atoms with van der Waals surface area (Å²) in [5.74, 6) is 0. The summed E-state index contributed by atoms with van der Waals surface area (Å²) in [6.45, 7) is 0. The molecule has 0 aliphatic carbocycles. The first-order valence-electron chi connectivity index (χ1n) is 3.47. The van der Waals surface area contributed by atoms with Crippen LogP contribution in [0.5, 0.6) is 0 Å². The van der Waals surface area contributed by atoms with E-state index in [9.17, 15) is 4.79 Å². The Morgan fingerprint density at radius 2 is 2.25 bits per heavy atom. The van der Waals surface area contributed by atoms with Crippen molar-refractivity contribution in [2.75, 3.05) is 11.9 Å². The first-order valence-corrected chi connectivity index (χ1v) is 3.85. The van der Waals surface area contributed by atoms with Crippen LogP contribution in [0.1, 0.15) is 0 Å². The zero-order valence-electron chi connectivity index (χ0n) is 6.41. The van der Waals surface area contributed by atoms with Crippen LogP contribution >= 0.6 is 11.6 Å². The molecule has 0 spiro atoms. The van der Waals surface area contributed by atoms with Gasteiger partial charge < -0.3 is 0 Å². The number of amides is 2. The van der Waals surface area contributed by atoms with Crippen molar-refractivity contribution < 1.29 is 4.79 Å². The van der Waals surface area contributed by atoms with Crippen LogP contribution in [0.15, 0.2) is 18.2 Å². The van der Waals surface area contributed by atoms with Crippen molar-refractivity contribution in [1.82, 2.24) is 5.32 Å². The topological polar surface area (TPSA) is 34.4 Å². The van der Waals surface area contributed by atoms with Gasteiger partial charge in [0.25, 0.3) is 0 Å². The SMILES string of the molecule is CN1C(=O)[N]c2ccc(Cl)cc21. The third-order valence-corrected chi connectivity index (χ3v) is 2.04. The minimum Gasteiger partial charge on any atom is -0.293 e. The predicted molar refractivity (Wildman–Crippen MR) is 47.0 cm³/mol. The lowest BCUT2D eigenvalue weighted by molar-refractivity contribution is 0.252. The molecule has 0 saturated carbocycles. The first-order chi connectivity index (χ1) is 5.68. The minimum absolute atomic E-state index is 0.243. The summed E-state index contributed by atoms with van der Waals surface area (Å²) in [4.78, 5) is 12.5. The standard InChI is InChI=1S/C8H6ClN2O/c1-11-7-4-5(9)2-3-6(7)10-8(11)12/h2-4H,1H3. The average molecular weight is 182 g/mol. The number of rotatable bonds is 0. The van der Waals surface area contributed by atoms with Crippen LogP contribution in [0.2, 0.25) is 5.02 Å². The maximum absolute atomic E-state index is 11.1. The molecule has 1 heterocycles. The highest BCUT2D eigenvalue weighted by molar-refractivity contribution is 6.31. The zero-order chi connectivity index (χ0) is 8.72. The summed E-state index contributed by atoms with van der Waals surface area (Å²) >= 11 is 5.76. The van der Waals surface area contributed by atoms with E-state index in [1.165, 1.54) is 4.90 Å². The van der Waals surface area contributed by atoms with Crippen molar-refractivity contribution in [3.8, 4) is 0 Å². The number of carbonyl (C=O) groups excluding carboxylic acids is 1. The van der Waals surface area contributed by atoms with Gasteiger partial charge in [-0.05, 0) is 18.2 Å². The van der Waals surface area contributed by atoms with E-state index in [2.05, 4.69) is 5.32 Å². The van der Waals surface area contributed by atoms with E-state index in [0.717, 1.165) is 5.69 Å². The van der Waals surface area contributed by atoms with Crippen LogP contribution < -0.4 is 10.2 Å². The Bertz CT molecular complexity index is 351. The number of carbonyl (C=O) groups is 1. The quantitative estimate of drug-likeness (QED) is 0.604. The van der Waals surface area contributed by atoms with Gasteiger partial charge in [0.2, 0.25) is 0 Å². The number of fused-ring (bicyclic) bond motifs is 1. The maximum atomic E-state index is 11.1. The van der Waals surface area contributed by atoms with Gasteiger partial charge >= 0.3 is 6.03 Å². The summed E-state index contributed by atoms with van der Waals surface area (Å²) < 4.78 is 0.